The van der Waals surface area contributed by atoms with Crippen molar-refractivity contribution in [2.75, 3.05) is 36.0 Å². The van der Waals surface area contributed by atoms with Crippen LogP contribution in [0, 0.1) is 5.92 Å². The first-order valence-electron chi connectivity index (χ1n) is 14.8. The predicted molar refractivity (Wildman–Crippen MR) is 164 cm³/mol. The Labute approximate surface area is 250 Å². The van der Waals surface area contributed by atoms with Crippen molar-refractivity contribution in [3.8, 4) is 10.4 Å². The van der Waals surface area contributed by atoms with Gasteiger partial charge in [0.1, 0.15) is 15.6 Å². The zero-order valence-electron chi connectivity index (χ0n) is 23.5. The van der Waals surface area contributed by atoms with Gasteiger partial charge in [-0.2, -0.15) is 4.31 Å². The second kappa shape index (κ2) is 12.1. The predicted octanol–water partition coefficient (Wildman–Crippen LogP) is 5.49. The van der Waals surface area contributed by atoms with Crippen molar-refractivity contribution in [3.05, 3.63) is 59.6 Å². The number of thiophene rings is 1. The maximum Gasteiger partial charge on any atom is 0.348 e. The van der Waals surface area contributed by atoms with Crippen molar-refractivity contribution in [2.24, 2.45) is 5.92 Å². The molecule has 3 fully saturated rings. The van der Waals surface area contributed by atoms with Crippen molar-refractivity contribution >= 4 is 44.7 Å². The van der Waals surface area contributed by atoms with Crippen LogP contribution >= 0.6 is 11.3 Å². The third-order valence-corrected chi connectivity index (χ3v) is 11.7. The summed E-state index contributed by atoms with van der Waals surface area (Å²) in [5, 5.41) is 10.1. The average molecular weight is 609 g/mol. The van der Waals surface area contributed by atoms with Gasteiger partial charge in [0.15, 0.2) is 0 Å². The first-order valence-corrected chi connectivity index (χ1v) is 17.0. The smallest absolute Gasteiger partial charge is 0.348 e. The number of aromatic carboxylic acids is 1. The van der Waals surface area contributed by atoms with E-state index in [2.05, 4.69) is 9.88 Å². The van der Waals surface area contributed by atoms with Gasteiger partial charge in [0, 0.05) is 30.7 Å². The lowest BCUT2D eigenvalue weighted by Crippen LogP contribution is -2.60. The quantitative estimate of drug-likeness (QED) is 0.378. The Bertz CT molecular complexity index is 1530. The van der Waals surface area contributed by atoms with Gasteiger partial charge in [-0.1, -0.05) is 49.6 Å². The molecule has 2 saturated heterocycles. The highest BCUT2D eigenvalue weighted by Crippen LogP contribution is 2.42. The van der Waals surface area contributed by atoms with E-state index in [0.717, 1.165) is 85.6 Å². The number of piperidine rings is 1. The van der Waals surface area contributed by atoms with Crippen molar-refractivity contribution in [3.63, 3.8) is 0 Å². The Morgan fingerprint density at radius 2 is 1.67 bits per heavy atom. The van der Waals surface area contributed by atoms with E-state index in [4.69, 9.17) is 0 Å². The van der Waals surface area contributed by atoms with Crippen LogP contribution in [0.3, 0.4) is 0 Å². The molecule has 4 heterocycles. The van der Waals surface area contributed by atoms with Gasteiger partial charge < -0.3 is 14.9 Å². The zero-order valence-corrected chi connectivity index (χ0v) is 25.2. The monoisotopic (exact) mass is 608 g/mol. The van der Waals surface area contributed by atoms with Crippen molar-refractivity contribution in [1.82, 2.24) is 9.29 Å². The summed E-state index contributed by atoms with van der Waals surface area (Å²) in [5.41, 5.74) is 1.23. The van der Waals surface area contributed by atoms with E-state index in [9.17, 15) is 23.1 Å². The molecule has 42 heavy (non-hydrogen) atoms. The summed E-state index contributed by atoms with van der Waals surface area (Å²) in [7, 11) is -3.99. The standard InChI is InChI=1S/C31H36N4O5S2/c36-29-21-34(42(39,40)24-14-15-28(32-19-24)33-16-8-3-9-17-33)20-26(22-10-4-1-5-11-22)35(29)25-18-27(41-30(25)31(37)38)23-12-6-2-7-13-23/h2,6-7,12-15,18-19,22,26H,1,3-5,8-11,16-17,20-21H2,(H,37,38). The summed E-state index contributed by atoms with van der Waals surface area (Å²) in [6, 6.07) is 14.2. The third-order valence-electron chi connectivity index (χ3n) is 8.76. The van der Waals surface area contributed by atoms with Crippen LogP contribution < -0.4 is 9.80 Å². The first kappa shape index (κ1) is 28.8. The van der Waals surface area contributed by atoms with Gasteiger partial charge in [0.2, 0.25) is 15.9 Å². The van der Waals surface area contributed by atoms with Crippen LogP contribution in [-0.2, 0) is 14.8 Å². The molecule has 1 aliphatic carbocycles. The number of carbonyl (C=O) groups is 2. The van der Waals surface area contributed by atoms with Crippen molar-refractivity contribution < 1.29 is 23.1 Å². The minimum atomic E-state index is -3.99. The van der Waals surface area contributed by atoms with E-state index in [1.807, 2.05) is 30.3 Å². The number of carboxylic acid groups (broad SMARTS) is 1. The maximum absolute atomic E-state index is 13.9. The number of rotatable bonds is 7. The van der Waals surface area contributed by atoms with Gasteiger partial charge in [-0.25, -0.2) is 18.2 Å². The summed E-state index contributed by atoms with van der Waals surface area (Å²) >= 11 is 1.14. The number of piperazine rings is 1. The summed E-state index contributed by atoms with van der Waals surface area (Å²) in [6.07, 6.45) is 9.63. The molecule has 0 radical (unpaired) electrons. The number of amides is 1. The van der Waals surface area contributed by atoms with E-state index in [0.29, 0.717) is 5.69 Å². The third kappa shape index (κ3) is 5.69. The fourth-order valence-electron chi connectivity index (χ4n) is 6.58. The van der Waals surface area contributed by atoms with Crippen molar-refractivity contribution in [1.29, 1.82) is 0 Å². The van der Waals surface area contributed by atoms with Gasteiger partial charge in [-0.05, 0) is 61.8 Å². The Morgan fingerprint density at radius 3 is 2.33 bits per heavy atom. The topological polar surface area (TPSA) is 111 Å². The maximum atomic E-state index is 13.9. The number of benzene rings is 1. The molecule has 9 nitrogen and oxygen atoms in total. The molecular formula is C31H36N4O5S2. The van der Waals surface area contributed by atoms with Crippen LogP contribution in [0.25, 0.3) is 10.4 Å². The highest BCUT2D eigenvalue weighted by Gasteiger charge is 2.44. The Hall–Kier alpha value is -3.28. The van der Waals surface area contributed by atoms with E-state index in [1.54, 1.807) is 23.1 Å². The molecular weight excluding hydrogens is 572 g/mol. The second-order valence-corrected chi connectivity index (χ2v) is 14.4. The number of nitrogens with zero attached hydrogens (tertiary/aromatic N) is 4. The van der Waals surface area contributed by atoms with Crippen LogP contribution in [0.4, 0.5) is 11.5 Å². The van der Waals surface area contributed by atoms with E-state index < -0.39 is 27.9 Å². The van der Waals surface area contributed by atoms with E-state index in [1.165, 1.54) is 16.9 Å². The average Bonchev–Trinajstić information content (AvgIpc) is 3.47. The van der Waals surface area contributed by atoms with Gasteiger partial charge in [-0.3, -0.25) is 4.79 Å². The highest BCUT2D eigenvalue weighted by molar-refractivity contribution is 7.89. The number of pyridine rings is 1. The Kier molecular flexibility index (Phi) is 8.33. The molecule has 6 rings (SSSR count). The highest BCUT2D eigenvalue weighted by atomic mass is 32.2. The van der Waals surface area contributed by atoms with Crippen LogP contribution in [0.15, 0.2) is 59.6 Å². The van der Waals surface area contributed by atoms with Gasteiger partial charge in [0.25, 0.3) is 0 Å². The summed E-state index contributed by atoms with van der Waals surface area (Å²) in [5.74, 6) is -0.662. The number of hydrogen-bond acceptors (Lipinski definition) is 7. The summed E-state index contributed by atoms with van der Waals surface area (Å²) in [4.78, 5) is 35.5. The lowest BCUT2D eigenvalue weighted by atomic mass is 9.82. The summed E-state index contributed by atoms with van der Waals surface area (Å²) < 4.78 is 29.0. The Morgan fingerprint density at radius 1 is 0.952 bits per heavy atom. The molecule has 1 N–H and O–H groups in total. The van der Waals surface area contributed by atoms with E-state index in [-0.39, 0.29) is 28.8 Å². The largest absolute Gasteiger partial charge is 0.477 e. The molecule has 11 heteroatoms. The zero-order chi connectivity index (χ0) is 29.3. The number of sulfonamides is 1. The van der Waals surface area contributed by atoms with Crippen molar-refractivity contribution in [2.45, 2.75) is 62.3 Å². The molecule has 3 aliphatic rings. The minimum Gasteiger partial charge on any atom is -0.477 e. The molecule has 3 aromatic rings. The fraction of sp³-hybridized carbons (Fsp3) is 0.452. The molecule has 1 atom stereocenters. The van der Waals surface area contributed by atoms with Crippen LogP contribution in [0.1, 0.15) is 61.0 Å². The van der Waals surface area contributed by atoms with Crippen LogP contribution in [0.5, 0.6) is 0 Å². The molecule has 1 saturated carbocycles. The number of aromatic nitrogens is 1. The molecule has 0 spiro atoms. The number of hydrogen-bond donors (Lipinski definition) is 1. The molecule has 2 aliphatic heterocycles. The lowest BCUT2D eigenvalue weighted by molar-refractivity contribution is -0.121. The number of anilines is 2. The minimum absolute atomic E-state index is 0.0695. The SMILES string of the molecule is O=C(O)c1sc(-c2ccccc2)cc1N1C(=O)CN(S(=O)(=O)c2ccc(N3CCCCC3)nc2)CC1C1CCCCC1. The van der Waals surface area contributed by atoms with E-state index >= 15 is 0 Å². The normalized spacial score (nSPS) is 21.0. The molecule has 0 bridgehead atoms. The number of carboxylic acids is 1. The van der Waals surface area contributed by atoms with Crippen LogP contribution in [0.2, 0.25) is 0 Å². The van der Waals surface area contributed by atoms with Gasteiger partial charge in [-0.15, -0.1) is 11.3 Å². The molecule has 1 aromatic carbocycles. The van der Waals surface area contributed by atoms with Gasteiger partial charge in [0.05, 0.1) is 18.3 Å². The fourth-order valence-corrected chi connectivity index (χ4v) is 8.93. The molecule has 1 amide bonds. The van der Waals surface area contributed by atoms with Crippen LogP contribution in [-0.4, -0.2) is 66.9 Å². The molecule has 1 unspecified atom stereocenters. The molecule has 222 valence electrons. The van der Waals surface area contributed by atoms with Gasteiger partial charge >= 0.3 is 5.97 Å². The molecule has 2 aromatic heterocycles. The summed E-state index contributed by atoms with van der Waals surface area (Å²) in [6.45, 7) is 1.58. The number of carbonyl (C=O) groups excluding carboxylic acids is 1. The first-order chi connectivity index (χ1) is 20.3. The second-order valence-electron chi connectivity index (χ2n) is 11.4. The Balaban J connectivity index is 1.33. The lowest BCUT2D eigenvalue weighted by Gasteiger charge is -2.44.